The molecule has 0 aliphatic rings. The molecule has 0 radical (unpaired) electrons. The van der Waals surface area contributed by atoms with E-state index in [1.807, 2.05) is 38.4 Å². The van der Waals surface area contributed by atoms with Crippen molar-refractivity contribution in [3.05, 3.63) is 58.1 Å². The summed E-state index contributed by atoms with van der Waals surface area (Å²) in [5, 5.41) is 3.79. The molecule has 0 saturated heterocycles. The molecule has 0 spiro atoms. The molecule has 1 amide bonds. The highest BCUT2D eigenvalue weighted by atomic mass is 35.5. The highest BCUT2D eigenvalue weighted by molar-refractivity contribution is 6.35. The minimum atomic E-state index is -0.225. The normalized spacial score (nSPS) is 11.9. The average molecular weight is 398 g/mol. The summed E-state index contributed by atoms with van der Waals surface area (Å²) < 4.78 is 10.9. The van der Waals surface area contributed by atoms with Crippen molar-refractivity contribution in [1.82, 2.24) is 5.32 Å². The van der Waals surface area contributed by atoms with E-state index < -0.39 is 0 Å². The van der Waals surface area contributed by atoms with Crippen molar-refractivity contribution < 1.29 is 19.2 Å². The van der Waals surface area contributed by atoms with Crippen LogP contribution in [0.15, 0.2) is 42.5 Å². The molecule has 140 valence electrons. The van der Waals surface area contributed by atoms with E-state index >= 15 is 0 Å². The van der Waals surface area contributed by atoms with Gasteiger partial charge in [-0.3, -0.25) is 4.79 Å². The van der Waals surface area contributed by atoms with Crippen LogP contribution < -0.4 is 19.7 Å². The number of hydrogen-bond donors (Lipinski definition) is 2. The number of nitrogens with one attached hydrogen (secondary N) is 2. The Balaban J connectivity index is 1.95. The van der Waals surface area contributed by atoms with Gasteiger partial charge >= 0.3 is 0 Å². The number of methoxy groups -OCH3 is 1. The zero-order valence-electron chi connectivity index (χ0n) is 15.0. The van der Waals surface area contributed by atoms with Gasteiger partial charge in [0.05, 0.1) is 38.3 Å². The number of likely N-dealkylation sites (N-methyl/N-ethyl adjacent to an activating group) is 1. The number of quaternary nitrogens is 1. The number of rotatable bonds is 8. The number of amides is 1. The van der Waals surface area contributed by atoms with Crippen molar-refractivity contribution in [3.63, 3.8) is 0 Å². The molecule has 0 aliphatic carbocycles. The SMILES string of the molecule is COc1ccccc1[C@@H](CNC(=O)COc1ccc(Cl)cc1Cl)[NH+](C)C. The monoisotopic (exact) mass is 397 g/mol. The van der Waals surface area contributed by atoms with Crippen LogP contribution in [-0.2, 0) is 4.79 Å². The van der Waals surface area contributed by atoms with Gasteiger partial charge in [-0.15, -0.1) is 0 Å². The zero-order valence-corrected chi connectivity index (χ0v) is 16.5. The van der Waals surface area contributed by atoms with Gasteiger partial charge in [-0.05, 0) is 30.3 Å². The fraction of sp³-hybridized carbons (Fsp3) is 0.316. The Kier molecular flexibility index (Phi) is 7.57. The van der Waals surface area contributed by atoms with E-state index in [2.05, 4.69) is 5.32 Å². The summed E-state index contributed by atoms with van der Waals surface area (Å²) in [4.78, 5) is 13.3. The first-order valence-electron chi connectivity index (χ1n) is 8.20. The summed E-state index contributed by atoms with van der Waals surface area (Å²) >= 11 is 11.9. The van der Waals surface area contributed by atoms with Crippen LogP contribution in [0.5, 0.6) is 11.5 Å². The lowest BCUT2D eigenvalue weighted by Gasteiger charge is -2.23. The zero-order chi connectivity index (χ0) is 19.1. The summed E-state index contributed by atoms with van der Waals surface area (Å²) in [6.45, 7) is 0.335. The summed E-state index contributed by atoms with van der Waals surface area (Å²) in [6.07, 6.45) is 0. The topological polar surface area (TPSA) is 52.0 Å². The van der Waals surface area contributed by atoms with Gasteiger partial charge in [-0.1, -0.05) is 35.3 Å². The lowest BCUT2D eigenvalue weighted by Crippen LogP contribution is -3.07. The van der Waals surface area contributed by atoms with Crippen LogP contribution in [0.1, 0.15) is 11.6 Å². The summed E-state index contributed by atoms with van der Waals surface area (Å²) in [7, 11) is 5.71. The minimum Gasteiger partial charge on any atom is -0.496 e. The minimum absolute atomic E-state index is 0.0502. The Labute approximate surface area is 163 Å². The highest BCUT2D eigenvalue weighted by Crippen LogP contribution is 2.27. The van der Waals surface area contributed by atoms with Crippen LogP contribution >= 0.6 is 23.2 Å². The molecular formula is C19H23Cl2N2O3+. The molecule has 0 aliphatic heterocycles. The van der Waals surface area contributed by atoms with Gasteiger partial charge < -0.3 is 19.7 Å². The maximum atomic E-state index is 12.2. The molecular weight excluding hydrogens is 375 g/mol. The quantitative estimate of drug-likeness (QED) is 0.718. The second kappa shape index (κ2) is 9.67. The van der Waals surface area contributed by atoms with Crippen LogP contribution in [0, 0.1) is 0 Å². The van der Waals surface area contributed by atoms with Crippen molar-refractivity contribution in [3.8, 4) is 11.5 Å². The standard InChI is InChI=1S/C19H22Cl2N2O3/c1-23(2)16(14-6-4-5-7-17(14)25-3)11-22-19(24)12-26-18-9-8-13(20)10-15(18)21/h4-10,16H,11-12H2,1-3H3,(H,22,24)/p+1/t16-/m1/s1. The predicted molar refractivity (Wildman–Crippen MR) is 104 cm³/mol. The molecule has 0 aromatic heterocycles. The van der Waals surface area contributed by atoms with Crippen molar-refractivity contribution in [2.45, 2.75) is 6.04 Å². The van der Waals surface area contributed by atoms with Gasteiger partial charge in [0.2, 0.25) is 0 Å². The van der Waals surface area contributed by atoms with Gasteiger partial charge in [0.15, 0.2) is 6.61 Å². The largest absolute Gasteiger partial charge is 0.496 e. The number of carbonyl (C=O) groups excluding carboxylic acids is 1. The van der Waals surface area contributed by atoms with Gasteiger partial charge in [-0.2, -0.15) is 0 Å². The third-order valence-corrected chi connectivity index (χ3v) is 4.50. The van der Waals surface area contributed by atoms with Crippen LogP contribution in [0.3, 0.4) is 0 Å². The Morgan fingerprint density at radius 2 is 1.88 bits per heavy atom. The molecule has 2 aromatic rings. The number of halogens is 2. The maximum absolute atomic E-state index is 12.2. The van der Waals surface area contributed by atoms with Gasteiger partial charge in [-0.25, -0.2) is 0 Å². The summed E-state index contributed by atoms with van der Waals surface area (Å²) in [5.41, 5.74) is 1.04. The van der Waals surface area contributed by atoms with E-state index in [-0.39, 0.29) is 18.6 Å². The molecule has 0 saturated carbocycles. The maximum Gasteiger partial charge on any atom is 0.258 e. The number of para-hydroxylation sites is 1. The molecule has 0 heterocycles. The predicted octanol–water partition coefficient (Wildman–Crippen LogP) is 2.38. The summed E-state index contributed by atoms with van der Waals surface area (Å²) in [6, 6.07) is 12.7. The van der Waals surface area contributed by atoms with Crippen LogP contribution in [-0.4, -0.2) is 40.3 Å². The Hall–Kier alpha value is -1.95. The molecule has 2 N–H and O–H groups in total. The molecule has 2 rings (SSSR count). The molecule has 7 heteroatoms. The molecule has 5 nitrogen and oxygen atoms in total. The fourth-order valence-corrected chi connectivity index (χ4v) is 3.04. The number of benzene rings is 2. The molecule has 1 atom stereocenters. The first kappa shape index (κ1) is 20.4. The number of hydrogen-bond acceptors (Lipinski definition) is 3. The van der Waals surface area contributed by atoms with Crippen LogP contribution in [0.4, 0.5) is 0 Å². The average Bonchev–Trinajstić information content (AvgIpc) is 2.61. The number of ether oxygens (including phenoxy) is 2. The lowest BCUT2D eigenvalue weighted by molar-refractivity contribution is -0.890. The second-order valence-electron chi connectivity index (χ2n) is 6.04. The first-order valence-corrected chi connectivity index (χ1v) is 8.95. The Bertz CT molecular complexity index is 753. The van der Waals surface area contributed by atoms with E-state index in [0.717, 1.165) is 11.3 Å². The molecule has 26 heavy (non-hydrogen) atoms. The van der Waals surface area contributed by atoms with E-state index in [0.29, 0.717) is 22.3 Å². The van der Waals surface area contributed by atoms with E-state index in [1.54, 1.807) is 25.3 Å². The number of carbonyl (C=O) groups is 1. The molecule has 0 bridgehead atoms. The van der Waals surface area contributed by atoms with Crippen molar-refractivity contribution in [2.24, 2.45) is 0 Å². The van der Waals surface area contributed by atoms with Gasteiger partial charge in [0.1, 0.15) is 17.5 Å². The summed E-state index contributed by atoms with van der Waals surface area (Å²) in [5.74, 6) is 1.00. The van der Waals surface area contributed by atoms with Crippen LogP contribution in [0.2, 0.25) is 10.0 Å². The Morgan fingerprint density at radius 1 is 1.15 bits per heavy atom. The van der Waals surface area contributed by atoms with E-state index in [9.17, 15) is 4.79 Å². The second-order valence-corrected chi connectivity index (χ2v) is 6.88. The van der Waals surface area contributed by atoms with Crippen molar-refractivity contribution >= 4 is 29.1 Å². The highest BCUT2D eigenvalue weighted by Gasteiger charge is 2.22. The molecule has 0 unspecified atom stereocenters. The van der Waals surface area contributed by atoms with Crippen LogP contribution in [0.25, 0.3) is 0 Å². The smallest absolute Gasteiger partial charge is 0.258 e. The van der Waals surface area contributed by atoms with Gasteiger partial charge in [0.25, 0.3) is 5.91 Å². The van der Waals surface area contributed by atoms with Crippen molar-refractivity contribution in [1.29, 1.82) is 0 Å². The third kappa shape index (κ3) is 5.53. The lowest BCUT2D eigenvalue weighted by atomic mass is 10.0. The molecule has 2 aromatic carbocycles. The van der Waals surface area contributed by atoms with E-state index in [1.165, 1.54) is 4.90 Å². The van der Waals surface area contributed by atoms with E-state index in [4.69, 9.17) is 32.7 Å². The Morgan fingerprint density at radius 3 is 2.54 bits per heavy atom. The fourth-order valence-electron chi connectivity index (χ4n) is 2.58. The van der Waals surface area contributed by atoms with Gasteiger partial charge in [0, 0.05) is 5.02 Å². The first-order chi connectivity index (χ1) is 12.4. The third-order valence-electron chi connectivity index (χ3n) is 3.97. The van der Waals surface area contributed by atoms with Crippen molar-refractivity contribution in [2.75, 3.05) is 34.4 Å². The molecule has 0 fully saturated rings.